The van der Waals surface area contributed by atoms with Crippen LogP contribution >= 0.6 is 0 Å². The predicted octanol–water partition coefficient (Wildman–Crippen LogP) is -2.19. The molecule has 0 aromatic heterocycles. The highest BCUT2D eigenvalue weighted by Gasteiger charge is 1.83. The van der Waals surface area contributed by atoms with E-state index in [1.807, 2.05) is 6.92 Å². The second-order valence-electron chi connectivity index (χ2n) is 2.26. The third-order valence-corrected chi connectivity index (χ3v) is 0.758. The van der Waals surface area contributed by atoms with Gasteiger partial charge in [0.1, 0.15) is 6.23 Å². The molecule has 14 heavy (non-hydrogen) atoms. The first-order chi connectivity index (χ1) is 6.60. The summed E-state index contributed by atoms with van der Waals surface area (Å²) in [6.07, 6.45) is -0.352. The van der Waals surface area contributed by atoms with Gasteiger partial charge in [-0.3, -0.25) is 5.32 Å². The van der Waals surface area contributed by atoms with Crippen molar-refractivity contribution in [2.45, 2.75) is 20.1 Å². The number of aliphatic hydroxyl groups excluding tert-OH is 3. The van der Waals surface area contributed by atoms with Crippen molar-refractivity contribution in [3.63, 3.8) is 0 Å². The molecule has 0 saturated carbocycles. The molecule has 0 heterocycles. The molecule has 90 valence electrons. The molecular weight excluding hydrogens is 186 g/mol. The second-order valence-corrected chi connectivity index (χ2v) is 2.26. The Balaban J connectivity index is -0.000000135. The van der Waals surface area contributed by atoms with Gasteiger partial charge >= 0.3 is 0 Å². The van der Waals surface area contributed by atoms with Crippen molar-refractivity contribution in [3.8, 4) is 0 Å². The molecule has 0 fully saturated rings. The quantitative estimate of drug-likeness (QED) is 0.293. The lowest BCUT2D eigenvalue weighted by atomic mass is 10.6. The minimum atomic E-state index is -0.352. The number of rotatable bonds is 4. The molecular formula is C8H25N3O3. The lowest BCUT2D eigenvalue weighted by molar-refractivity contribution is 0.159. The van der Waals surface area contributed by atoms with E-state index in [0.717, 1.165) is 6.54 Å². The van der Waals surface area contributed by atoms with Gasteiger partial charge in [0.25, 0.3) is 0 Å². The Morgan fingerprint density at radius 2 is 1.43 bits per heavy atom. The fourth-order valence-corrected chi connectivity index (χ4v) is 0.295. The maximum absolute atomic E-state index is 8.44. The monoisotopic (exact) mass is 211 g/mol. The molecule has 0 aromatic carbocycles. The molecule has 0 aromatic rings. The van der Waals surface area contributed by atoms with Crippen molar-refractivity contribution in [2.75, 3.05) is 32.8 Å². The van der Waals surface area contributed by atoms with E-state index in [4.69, 9.17) is 26.8 Å². The molecule has 0 bridgehead atoms. The minimum absolute atomic E-state index is 0.0972. The van der Waals surface area contributed by atoms with Crippen molar-refractivity contribution in [1.29, 1.82) is 0 Å². The molecule has 0 saturated heterocycles. The highest BCUT2D eigenvalue weighted by molar-refractivity contribution is 4.36. The predicted molar refractivity (Wildman–Crippen MR) is 57.6 cm³/mol. The van der Waals surface area contributed by atoms with Gasteiger partial charge in [0.2, 0.25) is 0 Å². The molecule has 8 N–H and O–H groups in total. The summed E-state index contributed by atoms with van der Waals surface area (Å²) in [5.74, 6) is 0. The van der Waals surface area contributed by atoms with E-state index in [0.29, 0.717) is 13.1 Å². The molecule has 0 amide bonds. The van der Waals surface area contributed by atoms with Crippen LogP contribution in [0.25, 0.3) is 0 Å². The topological polar surface area (TPSA) is 125 Å². The molecule has 0 aliphatic rings. The van der Waals surface area contributed by atoms with Gasteiger partial charge < -0.3 is 26.8 Å². The first kappa shape index (κ1) is 19.4. The van der Waals surface area contributed by atoms with Crippen LogP contribution < -0.4 is 16.8 Å². The first-order valence-electron chi connectivity index (χ1n) is 4.63. The van der Waals surface area contributed by atoms with Gasteiger partial charge in [0, 0.05) is 13.1 Å². The van der Waals surface area contributed by atoms with E-state index in [2.05, 4.69) is 5.32 Å². The first-order valence-corrected chi connectivity index (χ1v) is 4.63. The van der Waals surface area contributed by atoms with Crippen LogP contribution in [0, 0.1) is 0 Å². The van der Waals surface area contributed by atoms with Gasteiger partial charge in [-0.25, -0.2) is 0 Å². The summed E-state index contributed by atoms with van der Waals surface area (Å²) in [6, 6.07) is 0. The largest absolute Gasteiger partial charge is 0.395 e. The van der Waals surface area contributed by atoms with Crippen LogP contribution in [-0.4, -0.2) is 54.4 Å². The molecule has 0 aliphatic heterocycles. The standard InChI is InChI=1S/C4H11NO.2C2H7NO/c1-3-5-4(2)6;2*3-1-2-4/h4-6H,3H2,1-2H3;2*4H,1-3H2. The highest BCUT2D eigenvalue weighted by Crippen LogP contribution is 1.65. The molecule has 1 atom stereocenters. The van der Waals surface area contributed by atoms with E-state index in [9.17, 15) is 0 Å². The summed E-state index contributed by atoms with van der Waals surface area (Å²) in [4.78, 5) is 0. The second kappa shape index (κ2) is 23.0. The maximum atomic E-state index is 8.44. The zero-order valence-electron chi connectivity index (χ0n) is 9.11. The van der Waals surface area contributed by atoms with Crippen LogP contribution in [0.4, 0.5) is 0 Å². The summed E-state index contributed by atoms with van der Waals surface area (Å²) in [6.45, 7) is 5.42. The summed E-state index contributed by atoms with van der Waals surface area (Å²) < 4.78 is 0. The molecule has 6 heteroatoms. The fourth-order valence-electron chi connectivity index (χ4n) is 0.295. The number of aliphatic hydroxyl groups is 3. The summed E-state index contributed by atoms with van der Waals surface area (Å²) in [5, 5.41) is 26.7. The van der Waals surface area contributed by atoms with Crippen LogP contribution in [0.2, 0.25) is 0 Å². The number of hydrogen-bond donors (Lipinski definition) is 6. The van der Waals surface area contributed by atoms with Gasteiger partial charge in [-0.05, 0) is 13.5 Å². The van der Waals surface area contributed by atoms with E-state index < -0.39 is 0 Å². The van der Waals surface area contributed by atoms with E-state index in [-0.39, 0.29) is 19.4 Å². The maximum Gasteiger partial charge on any atom is 0.102 e. The van der Waals surface area contributed by atoms with Crippen LogP contribution in [0.1, 0.15) is 13.8 Å². The van der Waals surface area contributed by atoms with E-state index >= 15 is 0 Å². The average molecular weight is 211 g/mol. The Morgan fingerprint density at radius 3 is 1.43 bits per heavy atom. The van der Waals surface area contributed by atoms with Crippen LogP contribution in [-0.2, 0) is 0 Å². The Morgan fingerprint density at radius 1 is 1.14 bits per heavy atom. The van der Waals surface area contributed by atoms with Crippen molar-refractivity contribution in [1.82, 2.24) is 5.32 Å². The van der Waals surface area contributed by atoms with Gasteiger partial charge in [-0.2, -0.15) is 0 Å². The van der Waals surface area contributed by atoms with Gasteiger partial charge in [-0.1, -0.05) is 6.92 Å². The van der Waals surface area contributed by atoms with E-state index in [1.165, 1.54) is 0 Å². The van der Waals surface area contributed by atoms with Crippen molar-refractivity contribution in [2.24, 2.45) is 11.5 Å². The summed E-state index contributed by atoms with van der Waals surface area (Å²) in [7, 11) is 0. The Labute approximate surface area is 85.9 Å². The lowest BCUT2D eigenvalue weighted by Crippen LogP contribution is -2.24. The third kappa shape index (κ3) is 60.1. The van der Waals surface area contributed by atoms with Gasteiger partial charge in [0.15, 0.2) is 0 Å². The molecule has 0 radical (unpaired) electrons. The van der Waals surface area contributed by atoms with E-state index in [1.54, 1.807) is 6.92 Å². The van der Waals surface area contributed by atoms with Crippen LogP contribution in [0.5, 0.6) is 0 Å². The normalized spacial score (nSPS) is 10.5. The third-order valence-electron chi connectivity index (χ3n) is 0.758. The Hall–Kier alpha value is -0.240. The number of nitrogens with two attached hydrogens (primary N) is 2. The van der Waals surface area contributed by atoms with Crippen molar-refractivity contribution >= 4 is 0 Å². The van der Waals surface area contributed by atoms with Crippen LogP contribution in [0.3, 0.4) is 0 Å². The fraction of sp³-hybridized carbons (Fsp3) is 1.00. The number of hydrogen-bond acceptors (Lipinski definition) is 6. The molecule has 0 spiro atoms. The SMILES string of the molecule is CCNC(C)O.NCCO.NCCO. The zero-order valence-corrected chi connectivity index (χ0v) is 9.11. The van der Waals surface area contributed by atoms with Gasteiger partial charge in [-0.15, -0.1) is 0 Å². The van der Waals surface area contributed by atoms with Crippen LogP contribution in [0.15, 0.2) is 0 Å². The summed E-state index contributed by atoms with van der Waals surface area (Å²) >= 11 is 0. The Kier molecular flexibility index (Phi) is 31.8. The van der Waals surface area contributed by atoms with Crippen molar-refractivity contribution in [3.05, 3.63) is 0 Å². The molecule has 6 nitrogen and oxygen atoms in total. The molecule has 1 unspecified atom stereocenters. The Bertz CT molecular complexity index is 66.9. The summed E-state index contributed by atoms with van der Waals surface area (Å²) in [5.41, 5.74) is 9.56. The van der Waals surface area contributed by atoms with Gasteiger partial charge in [0.05, 0.1) is 13.2 Å². The highest BCUT2D eigenvalue weighted by atomic mass is 16.3. The minimum Gasteiger partial charge on any atom is -0.395 e. The molecule has 0 rings (SSSR count). The smallest absolute Gasteiger partial charge is 0.102 e. The zero-order chi connectivity index (χ0) is 11.8. The van der Waals surface area contributed by atoms with Crippen molar-refractivity contribution < 1.29 is 15.3 Å². The molecule has 0 aliphatic carbocycles. The lowest BCUT2D eigenvalue weighted by Gasteiger charge is -2.00. The average Bonchev–Trinajstić information content (AvgIpc) is 2.18. The number of nitrogens with one attached hydrogen (secondary N) is 1.